The molecule has 2 rings (SSSR count). The molecule has 0 radical (unpaired) electrons. The van der Waals surface area contributed by atoms with E-state index in [-0.39, 0.29) is 6.04 Å². The number of carbonyl (C=O) groups excluding carboxylic acids is 1. The molecule has 3 nitrogen and oxygen atoms in total. The summed E-state index contributed by atoms with van der Waals surface area (Å²) in [6.45, 7) is 0. The molecule has 2 aliphatic rings. The Balaban J connectivity index is 2.24. The van der Waals surface area contributed by atoms with Crippen molar-refractivity contribution >= 4 is 12.1 Å². The van der Waals surface area contributed by atoms with Gasteiger partial charge in [0, 0.05) is 12.6 Å². The van der Waals surface area contributed by atoms with Crippen molar-refractivity contribution in [3.05, 3.63) is 11.8 Å². The maximum atomic E-state index is 11.3. The SMILES string of the molecule is O=C1CCCC2=CN=CNC12. The smallest absolute Gasteiger partial charge is 0.159 e. The van der Waals surface area contributed by atoms with Gasteiger partial charge in [-0.1, -0.05) is 0 Å². The normalized spacial score (nSPS) is 28.9. The van der Waals surface area contributed by atoms with E-state index in [1.54, 1.807) is 12.5 Å². The molecule has 11 heavy (non-hydrogen) atoms. The van der Waals surface area contributed by atoms with Gasteiger partial charge in [0.1, 0.15) is 6.04 Å². The van der Waals surface area contributed by atoms with E-state index >= 15 is 0 Å². The largest absolute Gasteiger partial charge is 0.363 e. The number of aliphatic imine (C=N–C) groups is 1. The molecule has 0 aromatic heterocycles. The average Bonchev–Trinajstić information content (AvgIpc) is 2.06. The molecule has 1 N–H and O–H groups in total. The molecule has 1 atom stereocenters. The first-order chi connectivity index (χ1) is 5.38. The summed E-state index contributed by atoms with van der Waals surface area (Å²) in [6.07, 6.45) is 6.11. The van der Waals surface area contributed by atoms with E-state index in [9.17, 15) is 4.79 Å². The zero-order valence-electron chi connectivity index (χ0n) is 6.21. The van der Waals surface area contributed by atoms with Gasteiger partial charge in [-0.2, -0.15) is 0 Å². The second-order valence-electron chi connectivity index (χ2n) is 2.90. The van der Waals surface area contributed by atoms with E-state index in [2.05, 4.69) is 10.3 Å². The molecule has 0 spiro atoms. The summed E-state index contributed by atoms with van der Waals surface area (Å²) >= 11 is 0. The molecule has 0 aromatic rings. The first-order valence-electron chi connectivity index (χ1n) is 3.87. The van der Waals surface area contributed by atoms with E-state index < -0.39 is 0 Å². The third-order valence-corrected chi connectivity index (χ3v) is 2.14. The van der Waals surface area contributed by atoms with E-state index in [4.69, 9.17) is 0 Å². The van der Waals surface area contributed by atoms with Crippen LogP contribution in [-0.4, -0.2) is 18.2 Å². The Kier molecular flexibility index (Phi) is 1.49. The van der Waals surface area contributed by atoms with Crippen molar-refractivity contribution in [1.29, 1.82) is 0 Å². The lowest BCUT2D eigenvalue weighted by Gasteiger charge is -2.25. The molecule has 3 heteroatoms. The van der Waals surface area contributed by atoms with Crippen LogP contribution in [0.5, 0.6) is 0 Å². The van der Waals surface area contributed by atoms with Gasteiger partial charge in [0.25, 0.3) is 0 Å². The van der Waals surface area contributed by atoms with Gasteiger partial charge in [-0.15, -0.1) is 0 Å². The third-order valence-electron chi connectivity index (χ3n) is 2.14. The number of hydrogen-bond acceptors (Lipinski definition) is 3. The Hall–Kier alpha value is -1.12. The third kappa shape index (κ3) is 1.06. The van der Waals surface area contributed by atoms with Crippen molar-refractivity contribution in [2.24, 2.45) is 4.99 Å². The number of nitrogens with one attached hydrogen (secondary N) is 1. The van der Waals surface area contributed by atoms with Crippen molar-refractivity contribution in [1.82, 2.24) is 5.32 Å². The van der Waals surface area contributed by atoms with E-state index in [0.717, 1.165) is 18.4 Å². The molecule has 58 valence electrons. The summed E-state index contributed by atoms with van der Waals surface area (Å²) < 4.78 is 0. The summed E-state index contributed by atoms with van der Waals surface area (Å²) in [7, 11) is 0. The number of rotatable bonds is 0. The maximum Gasteiger partial charge on any atom is 0.159 e. The molecule has 0 saturated heterocycles. The van der Waals surface area contributed by atoms with E-state index in [0.29, 0.717) is 12.2 Å². The summed E-state index contributed by atoms with van der Waals surface area (Å²) in [4.78, 5) is 15.2. The van der Waals surface area contributed by atoms with Crippen LogP contribution in [0.4, 0.5) is 0 Å². The van der Waals surface area contributed by atoms with Gasteiger partial charge in [0.05, 0.1) is 6.34 Å². The van der Waals surface area contributed by atoms with Crippen LogP contribution in [-0.2, 0) is 4.79 Å². The van der Waals surface area contributed by atoms with Crippen LogP contribution in [0.3, 0.4) is 0 Å². The summed E-state index contributed by atoms with van der Waals surface area (Å²) in [5.74, 6) is 0.300. The van der Waals surface area contributed by atoms with E-state index in [1.807, 2.05) is 0 Å². The molecule has 0 bridgehead atoms. The highest BCUT2D eigenvalue weighted by atomic mass is 16.1. The lowest BCUT2D eigenvalue weighted by atomic mass is 9.89. The quantitative estimate of drug-likeness (QED) is 0.550. The molecule has 0 amide bonds. The van der Waals surface area contributed by atoms with Crippen molar-refractivity contribution in [3.63, 3.8) is 0 Å². The minimum Gasteiger partial charge on any atom is -0.363 e. The standard InChI is InChI=1S/C8H10N2O/c11-7-3-1-2-6-4-9-5-10-8(6)7/h4-5,8H,1-3H2,(H,9,10). The second kappa shape index (κ2) is 2.49. The highest BCUT2D eigenvalue weighted by molar-refractivity contribution is 5.90. The van der Waals surface area contributed by atoms with Crippen molar-refractivity contribution in [2.45, 2.75) is 25.3 Å². The van der Waals surface area contributed by atoms with Crippen LogP contribution >= 0.6 is 0 Å². The number of nitrogens with zero attached hydrogens (tertiary/aromatic N) is 1. The topological polar surface area (TPSA) is 41.5 Å². The fraction of sp³-hybridized carbons (Fsp3) is 0.500. The fourth-order valence-electron chi connectivity index (χ4n) is 1.55. The highest BCUT2D eigenvalue weighted by Crippen LogP contribution is 2.21. The minimum absolute atomic E-state index is 0.0544. The van der Waals surface area contributed by atoms with Gasteiger partial charge in [0.15, 0.2) is 5.78 Å². The van der Waals surface area contributed by atoms with Crippen LogP contribution < -0.4 is 5.32 Å². The van der Waals surface area contributed by atoms with E-state index in [1.165, 1.54) is 0 Å². The monoisotopic (exact) mass is 150 g/mol. The van der Waals surface area contributed by atoms with Gasteiger partial charge in [-0.3, -0.25) is 4.79 Å². The van der Waals surface area contributed by atoms with Gasteiger partial charge in [-0.25, -0.2) is 4.99 Å². The zero-order chi connectivity index (χ0) is 7.68. The molecule has 0 aromatic carbocycles. The number of carbonyl (C=O) groups is 1. The molecule has 1 saturated carbocycles. The molecule has 1 aliphatic carbocycles. The summed E-state index contributed by atoms with van der Waals surface area (Å²) in [6, 6.07) is -0.0544. The Labute approximate surface area is 65.2 Å². The number of fused-ring (bicyclic) bond motifs is 1. The number of hydrogen-bond donors (Lipinski definition) is 1. The van der Waals surface area contributed by atoms with Crippen LogP contribution in [0, 0.1) is 0 Å². The maximum absolute atomic E-state index is 11.3. The summed E-state index contributed by atoms with van der Waals surface area (Å²) in [5.41, 5.74) is 1.14. The number of ketones is 1. The first kappa shape index (κ1) is 6.58. The van der Waals surface area contributed by atoms with Gasteiger partial charge < -0.3 is 5.32 Å². The van der Waals surface area contributed by atoms with Crippen LogP contribution in [0.2, 0.25) is 0 Å². The predicted octanol–water partition coefficient (Wildman–Crippen LogP) is 0.623. The van der Waals surface area contributed by atoms with Gasteiger partial charge in [-0.05, 0) is 18.4 Å². The first-order valence-corrected chi connectivity index (χ1v) is 3.87. The zero-order valence-corrected chi connectivity index (χ0v) is 6.21. The van der Waals surface area contributed by atoms with Crippen LogP contribution in [0.1, 0.15) is 19.3 Å². The lowest BCUT2D eigenvalue weighted by molar-refractivity contribution is -0.120. The van der Waals surface area contributed by atoms with Crippen LogP contribution in [0.25, 0.3) is 0 Å². The molecular weight excluding hydrogens is 140 g/mol. The molecule has 1 unspecified atom stereocenters. The van der Waals surface area contributed by atoms with Crippen LogP contribution in [0.15, 0.2) is 16.8 Å². The Morgan fingerprint density at radius 3 is 3.27 bits per heavy atom. The molecule has 1 fully saturated rings. The minimum atomic E-state index is -0.0544. The fourth-order valence-corrected chi connectivity index (χ4v) is 1.55. The van der Waals surface area contributed by atoms with Crippen molar-refractivity contribution < 1.29 is 4.79 Å². The highest BCUT2D eigenvalue weighted by Gasteiger charge is 2.26. The average molecular weight is 150 g/mol. The molecule has 1 aliphatic heterocycles. The molecule has 1 heterocycles. The lowest BCUT2D eigenvalue weighted by Crippen LogP contribution is -2.41. The van der Waals surface area contributed by atoms with Gasteiger partial charge >= 0.3 is 0 Å². The Morgan fingerprint density at radius 2 is 2.45 bits per heavy atom. The summed E-state index contributed by atoms with van der Waals surface area (Å²) in [5, 5.41) is 2.96. The Bertz CT molecular complexity index is 242. The van der Waals surface area contributed by atoms with Gasteiger partial charge in [0.2, 0.25) is 0 Å². The number of Topliss-reactive ketones (excluding diaryl/α,β-unsaturated/α-hetero) is 1. The second-order valence-corrected chi connectivity index (χ2v) is 2.90. The van der Waals surface area contributed by atoms with Crippen molar-refractivity contribution in [3.8, 4) is 0 Å². The predicted molar refractivity (Wildman–Crippen MR) is 42.4 cm³/mol. The Morgan fingerprint density at radius 1 is 1.55 bits per heavy atom. The molecular formula is C8H10N2O. The van der Waals surface area contributed by atoms with Crippen molar-refractivity contribution in [2.75, 3.05) is 0 Å².